The van der Waals surface area contributed by atoms with Crippen LogP contribution in [0.3, 0.4) is 0 Å². The number of nitrogens with zero attached hydrogens (tertiary/aromatic N) is 3. The molecule has 0 saturated carbocycles. The van der Waals surface area contributed by atoms with Gasteiger partial charge in [-0.25, -0.2) is 4.98 Å². The lowest BCUT2D eigenvalue weighted by Gasteiger charge is -2.12. The smallest absolute Gasteiger partial charge is 0.306 e. The van der Waals surface area contributed by atoms with Gasteiger partial charge < -0.3 is 4.40 Å². The Kier molecular flexibility index (Phi) is 3.39. The molecule has 1 aromatic carbocycles. The van der Waals surface area contributed by atoms with Crippen molar-refractivity contribution < 1.29 is 17.8 Å². The van der Waals surface area contributed by atoms with Crippen LogP contribution in [0.2, 0.25) is 0 Å². The summed E-state index contributed by atoms with van der Waals surface area (Å²) < 4.78 is 33.2. The predicted molar refractivity (Wildman–Crippen MR) is 80.7 cm³/mol. The number of aromatic nitrogens is 2. The number of pyridine rings is 1. The van der Waals surface area contributed by atoms with Gasteiger partial charge in [-0.15, -0.1) is 0 Å². The van der Waals surface area contributed by atoms with Crippen molar-refractivity contribution in [3.8, 4) is 11.3 Å². The molecule has 0 fully saturated rings. The summed E-state index contributed by atoms with van der Waals surface area (Å²) in [4.78, 5) is 15.2. The van der Waals surface area contributed by atoms with Gasteiger partial charge in [-0.1, -0.05) is 18.2 Å². The minimum atomic E-state index is -4.62. The van der Waals surface area contributed by atoms with E-state index in [0.717, 1.165) is 11.2 Å². The Balaban J connectivity index is 1.99. The Labute approximate surface area is 126 Å². The van der Waals surface area contributed by atoms with Gasteiger partial charge in [0.1, 0.15) is 5.65 Å². The van der Waals surface area contributed by atoms with E-state index in [1.54, 1.807) is 12.1 Å². The summed E-state index contributed by atoms with van der Waals surface area (Å²) in [6.45, 7) is 0. The molecule has 0 spiro atoms. The number of benzene rings is 1. The molecule has 8 heteroatoms. The van der Waals surface area contributed by atoms with E-state index in [-0.39, 0.29) is 16.4 Å². The van der Waals surface area contributed by atoms with E-state index in [9.17, 15) is 13.2 Å². The first kappa shape index (κ1) is 14.2. The third-order valence-electron chi connectivity index (χ3n) is 3.13. The molecule has 2 aromatic heterocycles. The van der Waals surface area contributed by atoms with Crippen molar-refractivity contribution in [3.63, 3.8) is 0 Å². The lowest BCUT2D eigenvalue weighted by atomic mass is 10.1. The molecular weight excluding hydrogens is 306 g/mol. The van der Waals surface area contributed by atoms with E-state index >= 15 is 0 Å². The van der Waals surface area contributed by atoms with E-state index in [1.807, 2.05) is 35.0 Å². The van der Waals surface area contributed by atoms with Gasteiger partial charge >= 0.3 is 10.3 Å². The first-order valence-corrected chi connectivity index (χ1v) is 7.65. The molecule has 1 N–H and O–H groups in total. The molecule has 1 amide bonds. The zero-order valence-corrected chi connectivity index (χ0v) is 12.0. The van der Waals surface area contributed by atoms with Crippen LogP contribution < -0.4 is 4.31 Å². The summed E-state index contributed by atoms with van der Waals surface area (Å²) in [7, 11) is -4.62. The van der Waals surface area contributed by atoms with E-state index in [1.165, 1.54) is 12.1 Å². The minimum Gasteiger partial charge on any atom is -0.306 e. The van der Waals surface area contributed by atoms with Gasteiger partial charge in [-0.2, -0.15) is 12.7 Å². The minimum absolute atomic E-state index is 0.0370. The Hall–Kier alpha value is -2.71. The average molecular weight is 317 g/mol. The molecule has 0 aliphatic heterocycles. The maximum atomic E-state index is 11.1. The van der Waals surface area contributed by atoms with E-state index in [2.05, 4.69) is 4.98 Å². The molecule has 2 heterocycles. The van der Waals surface area contributed by atoms with Crippen molar-refractivity contribution in [2.45, 2.75) is 0 Å². The number of rotatable bonds is 4. The molecule has 3 aromatic rings. The predicted octanol–water partition coefficient (Wildman–Crippen LogP) is 1.77. The highest BCUT2D eigenvalue weighted by atomic mass is 32.2. The maximum Gasteiger partial charge on any atom is 0.366 e. The maximum absolute atomic E-state index is 11.1. The van der Waals surface area contributed by atoms with Crippen LogP contribution in [0.15, 0.2) is 54.9 Å². The number of hydrogen-bond acceptors (Lipinski definition) is 4. The zero-order valence-electron chi connectivity index (χ0n) is 11.2. The Morgan fingerprint density at radius 3 is 2.45 bits per heavy atom. The Morgan fingerprint density at radius 1 is 1.14 bits per heavy atom. The van der Waals surface area contributed by atoms with Crippen molar-refractivity contribution in [2.24, 2.45) is 0 Å². The fraction of sp³-hybridized carbons (Fsp3) is 0. The summed E-state index contributed by atoms with van der Waals surface area (Å²) >= 11 is 0. The molecule has 3 rings (SSSR count). The van der Waals surface area contributed by atoms with Crippen LogP contribution in [0.25, 0.3) is 16.9 Å². The average Bonchev–Trinajstić information content (AvgIpc) is 2.91. The van der Waals surface area contributed by atoms with Gasteiger partial charge in [0.2, 0.25) is 6.41 Å². The number of carbonyl (C=O) groups excluding carboxylic acids is 1. The second-order valence-corrected chi connectivity index (χ2v) is 5.81. The number of amides is 1. The van der Waals surface area contributed by atoms with Gasteiger partial charge in [-0.3, -0.25) is 9.35 Å². The topological polar surface area (TPSA) is 92.0 Å². The van der Waals surface area contributed by atoms with E-state index in [4.69, 9.17) is 4.55 Å². The van der Waals surface area contributed by atoms with Gasteiger partial charge in [0.05, 0.1) is 11.4 Å². The molecule has 0 atom stereocenters. The highest BCUT2D eigenvalue weighted by molar-refractivity contribution is 7.88. The highest BCUT2D eigenvalue weighted by Gasteiger charge is 2.18. The summed E-state index contributed by atoms with van der Waals surface area (Å²) in [5.41, 5.74) is 2.30. The second kappa shape index (κ2) is 5.24. The third kappa shape index (κ3) is 2.57. The number of anilines is 1. The molecule has 0 radical (unpaired) electrons. The second-order valence-electron chi connectivity index (χ2n) is 4.52. The lowest BCUT2D eigenvalue weighted by Crippen LogP contribution is -2.28. The first-order chi connectivity index (χ1) is 10.5. The molecule has 112 valence electrons. The highest BCUT2D eigenvalue weighted by Crippen LogP contribution is 2.23. The van der Waals surface area contributed by atoms with E-state index in [0.29, 0.717) is 5.69 Å². The molecule has 0 bridgehead atoms. The fourth-order valence-corrected chi connectivity index (χ4v) is 2.60. The van der Waals surface area contributed by atoms with Crippen LogP contribution in [-0.4, -0.2) is 28.8 Å². The largest absolute Gasteiger partial charge is 0.366 e. The number of imidazole rings is 1. The molecule has 7 nitrogen and oxygen atoms in total. The molecule has 0 aliphatic carbocycles. The van der Waals surface area contributed by atoms with E-state index < -0.39 is 10.3 Å². The van der Waals surface area contributed by atoms with Crippen LogP contribution in [0.4, 0.5) is 5.69 Å². The lowest BCUT2D eigenvalue weighted by molar-refractivity contribution is -0.106. The fourth-order valence-electron chi connectivity index (χ4n) is 2.10. The summed E-state index contributed by atoms with van der Waals surface area (Å²) in [5, 5.41) is 0. The molecule has 0 aliphatic rings. The van der Waals surface area contributed by atoms with Gasteiger partial charge in [0, 0.05) is 18.0 Å². The standard InChI is InChI=1S/C14H11N3O4S/c18-10-17(22(19,20)21)12-6-4-11(5-7-12)13-9-16-8-2-1-3-14(16)15-13/h1-10H,(H,19,20,21). The van der Waals surface area contributed by atoms with Crippen molar-refractivity contribution in [1.82, 2.24) is 9.38 Å². The van der Waals surface area contributed by atoms with Crippen LogP contribution in [-0.2, 0) is 15.1 Å². The van der Waals surface area contributed by atoms with Crippen LogP contribution in [0.1, 0.15) is 0 Å². The summed E-state index contributed by atoms with van der Waals surface area (Å²) in [6.07, 6.45) is 3.74. The quantitative estimate of drug-likeness (QED) is 0.585. The third-order valence-corrected chi connectivity index (χ3v) is 3.92. The van der Waals surface area contributed by atoms with Crippen molar-refractivity contribution in [3.05, 3.63) is 54.9 Å². The Bertz CT molecular complexity index is 899. The van der Waals surface area contributed by atoms with Gasteiger partial charge in [0.25, 0.3) is 0 Å². The summed E-state index contributed by atoms with van der Waals surface area (Å²) in [6, 6.07) is 11.7. The first-order valence-electron chi connectivity index (χ1n) is 6.25. The van der Waals surface area contributed by atoms with Crippen LogP contribution in [0.5, 0.6) is 0 Å². The summed E-state index contributed by atoms with van der Waals surface area (Å²) in [5.74, 6) is 0. The van der Waals surface area contributed by atoms with Crippen LogP contribution in [0, 0.1) is 0 Å². The number of fused-ring (bicyclic) bond motifs is 1. The zero-order chi connectivity index (χ0) is 15.7. The monoisotopic (exact) mass is 317 g/mol. The molecule has 0 unspecified atom stereocenters. The van der Waals surface area contributed by atoms with Crippen molar-refractivity contribution in [2.75, 3.05) is 4.31 Å². The SMILES string of the molecule is O=CN(c1ccc(-c2cn3ccccc3n2)cc1)S(=O)(=O)O. The van der Waals surface area contributed by atoms with Crippen molar-refractivity contribution in [1.29, 1.82) is 0 Å². The normalized spacial score (nSPS) is 11.5. The van der Waals surface area contributed by atoms with Gasteiger partial charge in [-0.05, 0) is 24.3 Å². The number of hydrogen-bond donors (Lipinski definition) is 1. The van der Waals surface area contributed by atoms with Crippen LogP contribution >= 0.6 is 0 Å². The molecule has 0 saturated heterocycles. The Morgan fingerprint density at radius 2 is 1.86 bits per heavy atom. The van der Waals surface area contributed by atoms with Crippen molar-refractivity contribution >= 4 is 28.0 Å². The van der Waals surface area contributed by atoms with Gasteiger partial charge in [0.15, 0.2) is 0 Å². The molecule has 22 heavy (non-hydrogen) atoms. The molecular formula is C14H11N3O4S. The number of carbonyl (C=O) groups is 1.